The first kappa shape index (κ1) is 21.6. The molecule has 8 heteroatoms. The highest BCUT2D eigenvalue weighted by Crippen LogP contribution is 2.49. The van der Waals surface area contributed by atoms with E-state index in [-0.39, 0.29) is 22.9 Å². The van der Waals surface area contributed by atoms with Crippen LogP contribution in [-0.4, -0.2) is 20.7 Å². The number of allylic oxidation sites excluding steroid dienone is 2. The number of rotatable bonds is 4. The number of hydrogen-bond acceptors (Lipinski definition) is 7. The van der Waals surface area contributed by atoms with Gasteiger partial charge in [-0.15, -0.1) is 0 Å². The molecule has 0 radical (unpaired) electrons. The minimum Gasteiger partial charge on any atom is -0.383 e. The topological polar surface area (TPSA) is 93.8 Å². The predicted molar refractivity (Wildman–Crippen MR) is 127 cm³/mol. The largest absolute Gasteiger partial charge is 0.383 e. The Labute approximate surface area is 195 Å². The smallest absolute Gasteiger partial charge is 0.191 e. The van der Waals surface area contributed by atoms with Crippen LogP contribution in [0.4, 0.5) is 16.0 Å². The number of nitrogens with zero attached hydrogens (tertiary/aromatic N) is 3. The number of halogens is 1. The van der Waals surface area contributed by atoms with Gasteiger partial charge >= 0.3 is 0 Å². The van der Waals surface area contributed by atoms with Gasteiger partial charge in [0.1, 0.15) is 17.5 Å². The van der Waals surface area contributed by atoms with Gasteiger partial charge in [-0.1, -0.05) is 43.8 Å². The molecular weight excluding hydrogens is 437 g/mol. The van der Waals surface area contributed by atoms with E-state index in [1.807, 2.05) is 12.1 Å². The van der Waals surface area contributed by atoms with Crippen molar-refractivity contribution in [3.05, 3.63) is 82.6 Å². The van der Waals surface area contributed by atoms with Crippen LogP contribution < -0.4 is 11.1 Å². The molecule has 1 aromatic carbocycles. The Balaban J connectivity index is 1.55. The van der Waals surface area contributed by atoms with Crippen molar-refractivity contribution in [1.29, 1.82) is 0 Å². The SMILES string of the molecule is CC1(C)CC(=O)C2=C(C1)Nc1nc(SCc3ccc(F)cc3)nc(N)c1[C@@H]2c1cccnc1. The van der Waals surface area contributed by atoms with E-state index >= 15 is 0 Å². The van der Waals surface area contributed by atoms with Crippen LogP contribution in [0, 0.1) is 11.2 Å². The lowest BCUT2D eigenvalue weighted by atomic mass is 9.69. The van der Waals surface area contributed by atoms with E-state index < -0.39 is 0 Å². The lowest BCUT2D eigenvalue weighted by Gasteiger charge is -2.39. The lowest BCUT2D eigenvalue weighted by Crippen LogP contribution is -2.34. The van der Waals surface area contributed by atoms with Crippen molar-refractivity contribution in [3.8, 4) is 0 Å². The van der Waals surface area contributed by atoms with E-state index in [4.69, 9.17) is 10.7 Å². The summed E-state index contributed by atoms with van der Waals surface area (Å²) in [7, 11) is 0. The minimum absolute atomic E-state index is 0.113. The summed E-state index contributed by atoms with van der Waals surface area (Å²) in [5.74, 6) is 1.04. The first-order valence-corrected chi connectivity index (χ1v) is 11.8. The Morgan fingerprint density at radius 2 is 1.97 bits per heavy atom. The van der Waals surface area contributed by atoms with Crippen LogP contribution in [0.5, 0.6) is 0 Å². The lowest BCUT2D eigenvalue weighted by molar-refractivity contribution is -0.118. The fraction of sp³-hybridized carbons (Fsp3) is 0.280. The maximum Gasteiger partial charge on any atom is 0.191 e. The van der Waals surface area contributed by atoms with Crippen molar-refractivity contribution in [3.63, 3.8) is 0 Å². The Hall–Kier alpha value is -3.26. The summed E-state index contributed by atoms with van der Waals surface area (Å²) < 4.78 is 13.2. The average molecular weight is 462 g/mol. The first-order chi connectivity index (χ1) is 15.8. The fourth-order valence-electron chi connectivity index (χ4n) is 4.59. The van der Waals surface area contributed by atoms with Crippen molar-refractivity contribution in [2.75, 3.05) is 11.1 Å². The molecule has 168 valence electrons. The molecule has 0 saturated carbocycles. The monoisotopic (exact) mass is 461 g/mol. The number of Topliss-reactive ketones (excluding diaryl/α,β-unsaturated/α-hetero) is 1. The van der Waals surface area contributed by atoms with Gasteiger partial charge in [-0.05, 0) is 41.2 Å². The Kier molecular flexibility index (Phi) is 5.40. The van der Waals surface area contributed by atoms with Gasteiger partial charge in [-0.2, -0.15) is 0 Å². The number of carbonyl (C=O) groups excluding carboxylic acids is 1. The van der Waals surface area contributed by atoms with E-state index in [2.05, 4.69) is 29.1 Å². The molecule has 0 amide bonds. The minimum atomic E-state index is -0.357. The number of thioether (sulfide) groups is 1. The third-order valence-electron chi connectivity index (χ3n) is 6.02. The summed E-state index contributed by atoms with van der Waals surface area (Å²) in [6, 6.07) is 10.2. The standard InChI is InChI=1S/C25H24FN5OS/c1-25(2)10-17-20(18(32)11-25)19(15-4-3-9-28-12-15)21-22(27)30-24(31-23(21)29-17)33-13-14-5-7-16(26)8-6-14/h3-9,12,19H,10-11,13H2,1-2H3,(H3,27,29,30,31)/t19-/m1/s1. The maximum absolute atomic E-state index is 13.3. The number of nitrogen functional groups attached to an aromatic ring is 1. The summed E-state index contributed by atoms with van der Waals surface area (Å²) in [6.07, 6.45) is 4.70. The van der Waals surface area contributed by atoms with Gasteiger partial charge in [0.25, 0.3) is 0 Å². The molecule has 3 heterocycles. The van der Waals surface area contributed by atoms with Crippen molar-refractivity contribution in [2.45, 2.75) is 43.5 Å². The normalized spacial score (nSPS) is 19.0. The number of ketones is 1. The van der Waals surface area contributed by atoms with E-state index in [0.29, 0.717) is 34.5 Å². The third-order valence-corrected chi connectivity index (χ3v) is 6.94. The number of benzene rings is 1. The predicted octanol–water partition coefficient (Wildman–Crippen LogP) is 5.09. The molecule has 6 nitrogen and oxygen atoms in total. The number of carbonyl (C=O) groups is 1. The van der Waals surface area contributed by atoms with Crippen molar-refractivity contribution < 1.29 is 9.18 Å². The highest BCUT2D eigenvalue weighted by Gasteiger charge is 2.42. The van der Waals surface area contributed by atoms with Crippen LogP contribution in [-0.2, 0) is 10.5 Å². The van der Waals surface area contributed by atoms with E-state index in [1.54, 1.807) is 24.5 Å². The molecule has 1 aliphatic carbocycles. The summed E-state index contributed by atoms with van der Waals surface area (Å²) in [6.45, 7) is 4.20. The van der Waals surface area contributed by atoms with Crippen LogP contribution in [0.1, 0.15) is 49.3 Å². The number of fused-ring (bicyclic) bond motifs is 1. The van der Waals surface area contributed by atoms with Gasteiger partial charge in [0.15, 0.2) is 10.9 Å². The third kappa shape index (κ3) is 4.23. The average Bonchev–Trinajstić information content (AvgIpc) is 2.77. The zero-order valence-corrected chi connectivity index (χ0v) is 19.2. The zero-order valence-electron chi connectivity index (χ0n) is 18.4. The van der Waals surface area contributed by atoms with Crippen molar-refractivity contribution >= 4 is 29.2 Å². The summed E-state index contributed by atoms with van der Waals surface area (Å²) >= 11 is 1.43. The molecule has 2 aliphatic rings. The van der Waals surface area contributed by atoms with E-state index in [9.17, 15) is 9.18 Å². The molecule has 0 bridgehead atoms. The van der Waals surface area contributed by atoms with Crippen molar-refractivity contribution in [1.82, 2.24) is 15.0 Å². The van der Waals surface area contributed by atoms with Crippen LogP contribution in [0.25, 0.3) is 0 Å². The highest BCUT2D eigenvalue weighted by atomic mass is 32.2. The molecule has 2 aromatic heterocycles. The van der Waals surface area contributed by atoms with Gasteiger partial charge in [0.2, 0.25) is 0 Å². The van der Waals surface area contributed by atoms with Crippen LogP contribution >= 0.6 is 11.8 Å². The van der Waals surface area contributed by atoms with Gasteiger partial charge in [-0.25, -0.2) is 14.4 Å². The second kappa shape index (κ2) is 8.26. The number of aromatic nitrogens is 3. The first-order valence-electron chi connectivity index (χ1n) is 10.8. The van der Waals surface area contributed by atoms with Crippen molar-refractivity contribution in [2.24, 2.45) is 5.41 Å². The van der Waals surface area contributed by atoms with Gasteiger partial charge in [-0.3, -0.25) is 9.78 Å². The van der Waals surface area contributed by atoms with Crippen LogP contribution in [0.15, 0.2) is 65.2 Å². The molecule has 1 atom stereocenters. The number of pyridine rings is 1. The van der Waals surface area contributed by atoms with E-state index in [0.717, 1.165) is 28.8 Å². The Morgan fingerprint density at radius 3 is 2.70 bits per heavy atom. The molecule has 33 heavy (non-hydrogen) atoms. The molecular formula is C25H24FN5OS. The summed E-state index contributed by atoms with van der Waals surface area (Å²) in [5, 5.41) is 3.94. The molecule has 5 rings (SSSR count). The second-order valence-electron chi connectivity index (χ2n) is 9.25. The zero-order chi connectivity index (χ0) is 23.2. The van der Waals surface area contributed by atoms with Crippen LogP contribution in [0.3, 0.4) is 0 Å². The summed E-state index contributed by atoms with van der Waals surface area (Å²) in [4.78, 5) is 26.9. The highest BCUT2D eigenvalue weighted by molar-refractivity contribution is 7.98. The molecule has 1 aliphatic heterocycles. The fourth-order valence-corrected chi connectivity index (χ4v) is 5.39. The molecule has 0 fully saturated rings. The molecule has 0 saturated heterocycles. The number of nitrogens with one attached hydrogen (secondary N) is 1. The maximum atomic E-state index is 13.3. The molecule has 3 N–H and O–H groups in total. The molecule has 0 unspecified atom stereocenters. The number of anilines is 2. The molecule has 3 aromatic rings. The van der Waals surface area contributed by atoms with E-state index in [1.165, 1.54) is 23.9 Å². The quantitative estimate of drug-likeness (QED) is 0.413. The number of nitrogens with two attached hydrogens (primary N) is 1. The van der Waals surface area contributed by atoms with Gasteiger partial charge in [0.05, 0.1) is 0 Å². The van der Waals surface area contributed by atoms with Gasteiger partial charge < -0.3 is 11.1 Å². The second-order valence-corrected chi connectivity index (χ2v) is 10.2. The Morgan fingerprint density at radius 1 is 1.18 bits per heavy atom. The molecule has 0 spiro atoms. The Bertz CT molecular complexity index is 1260. The van der Waals surface area contributed by atoms with Crippen LogP contribution in [0.2, 0.25) is 0 Å². The summed E-state index contributed by atoms with van der Waals surface area (Å²) in [5.41, 5.74) is 10.5. The van der Waals surface area contributed by atoms with Gasteiger partial charge in [0, 0.05) is 47.3 Å². The number of hydrogen-bond donors (Lipinski definition) is 2.